The standard InChI is InChI=1S/C14H18F3N3O4/c1-4-23-11(21)13(24-5-2,14(15,16)17)20-12(22)19-10-8-9(3)6-7-18-10/h6-8H,4-5H2,1-3H3,(H2,18,19,20,22)/t13-/m0/s1. The van der Waals surface area contributed by atoms with Gasteiger partial charge >= 0.3 is 23.9 Å². The zero-order chi connectivity index (χ0) is 18.4. The zero-order valence-corrected chi connectivity index (χ0v) is 13.4. The summed E-state index contributed by atoms with van der Waals surface area (Å²) in [5.74, 6) is -1.74. The van der Waals surface area contributed by atoms with E-state index in [9.17, 15) is 22.8 Å². The maximum absolute atomic E-state index is 13.4. The number of urea groups is 1. The second-order valence-electron chi connectivity index (χ2n) is 4.63. The van der Waals surface area contributed by atoms with Crippen LogP contribution in [0.25, 0.3) is 0 Å². The van der Waals surface area contributed by atoms with Crippen molar-refractivity contribution in [1.82, 2.24) is 10.3 Å². The number of pyridine rings is 1. The van der Waals surface area contributed by atoms with Crippen molar-refractivity contribution in [2.45, 2.75) is 32.7 Å². The van der Waals surface area contributed by atoms with Crippen LogP contribution in [0.5, 0.6) is 0 Å². The van der Waals surface area contributed by atoms with Gasteiger partial charge in [0.05, 0.1) is 6.61 Å². The molecule has 0 bridgehead atoms. The number of nitrogens with zero attached hydrogens (tertiary/aromatic N) is 1. The number of nitrogens with one attached hydrogen (secondary N) is 2. The van der Waals surface area contributed by atoms with Gasteiger partial charge in [-0.15, -0.1) is 0 Å². The number of hydrogen-bond acceptors (Lipinski definition) is 5. The van der Waals surface area contributed by atoms with Gasteiger partial charge in [0.2, 0.25) is 0 Å². The van der Waals surface area contributed by atoms with Crippen molar-refractivity contribution in [3.63, 3.8) is 0 Å². The summed E-state index contributed by atoms with van der Waals surface area (Å²) in [6, 6.07) is 1.77. The summed E-state index contributed by atoms with van der Waals surface area (Å²) >= 11 is 0. The Morgan fingerprint density at radius 3 is 2.42 bits per heavy atom. The van der Waals surface area contributed by atoms with E-state index in [1.54, 1.807) is 13.0 Å². The fourth-order valence-corrected chi connectivity index (χ4v) is 1.78. The van der Waals surface area contributed by atoms with Crippen molar-refractivity contribution in [3.8, 4) is 0 Å². The van der Waals surface area contributed by atoms with Gasteiger partial charge in [0, 0.05) is 12.8 Å². The van der Waals surface area contributed by atoms with Gasteiger partial charge in [-0.2, -0.15) is 13.2 Å². The second kappa shape index (κ2) is 7.95. The molecular formula is C14H18F3N3O4. The van der Waals surface area contributed by atoms with Crippen LogP contribution >= 0.6 is 0 Å². The summed E-state index contributed by atoms with van der Waals surface area (Å²) in [5.41, 5.74) is -2.87. The molecule has 0 saturated heterocycles. The first-order chi connectivity index (χ1) is 11.2. The molecule has 7 nitrogen and oxygen atoms in total. The molecule has 134 valence electrons. The van der Waals surface area contributed by atoms with Crippen LogP contribution in [0.3, 0.4) is 0 Å². The van der Waals surface area contributed by atoms with E-state index >= 15 is 0 Å². The highest BCUT2D eigenvalue weighted by Gasteiger charge is 2.64. The van der Waals surface area contributed by atoms with Crippen molar-refractivity contribution in [1.29, 1.82) is 0 Å². The number of halogens is 3. The molecule has 1 aromatic rings. The van der Waals surface area contributed by atoms with Gasteiger partial charge in [-0.3, -0.25) is 10.6 Å². The molecule has 0 saturated carbocycles. The summed E-state index contributed by atoms with van der Waals surface area (Å²) in [6.45, 7) is 3.50. The van der Waals surface area contributed by atoms with Crippen LogP contribution in [0.15, 0.2) is 18.3 Å². The molecule has 1 aromatic heterocycles. The number of alkyl halides is 3. The average Bonchev–Trinajstić information content (AvgIpc) is 2.45. The maximum atomic E-state index is 13.4. The number of esters is 1. The van der Waals surface area contributed by atoms with Crippen molar-refractivity contribution in [2.75, 3.05) is 18.5 Å². The molecular weight excluding hydrogens is 331 g/mol. The monoisotopic (exact) mass is 349 g/mol. The fraction of sp³-hybridized carbons (Fsp3) is 0.500. The Morgan fingerprint density at radius 2 is 1.92 bits per heavy atom. The highest BCUT2D eigenvalue weighted by molar-refractivity contribution is 5.93. The third kappa shape index (κ3) is 4.57. The number of ether oxygens (including phenoxy) is 2. The lowest BCUT2D eigenvalue weighted by atomic mass is 10.2. The topological polar surface area (TPSA) is 89.5 Å². The van der Waals surface area contributed by atoms with Crippen LogP contribution in [0.4, 0.5) is 23.8 Å². The van der Waals surface area contributed by atoms with Crippen molar-refractivity contribution >= 4 is 17.8 Å². The molecule has 1 rings (SSSR count). The first kappa shape index (κ1) is 19.7. The van der Waals surface area contributed by atoms with Gasteiger partial charge in [-0.05, 0) is 38.5 Å². The first-order valence-corrected chi connectivity index (χ1v) is 7.06. The van der Waals surface area contributed by atoms with Crippen molar-refractivity contribution in [3.05, 3.63) is 23.9 Å². The molecule has 0 aliphatic carbocycles. The summed E-state index contributed by atoms with van der Waals surface area (Å²) in [5, 5.41) is 3.63. The van der Waals surface area contributed by atoms with Crippen LogP contribution < -0.4 is 10.6 Å². The summed E-state index contributed by atoms with van der Waals surface area (Å²) in [7, 11) is 0. The van der Waals surface area contributed by atoms with Crippen LogP contribution in [0.2, 0.25) is 0 Å². The number of carbonyl (C=O) groups is 2. The highest BCUT2D eigenvalue weighted by atomic mass is 19.4. The summed E-state index contributed by atoms with van der Waals surface area (Å²) < 4.78 is 49.2. The lowest BCUT2D eigenvalue weighted by Crippen LogP contribution is -2.67. The summed E-state index contributed by atoms with van der Waals surface area (Å²) in [6.07, 6.45) is -3.86. The van der Waals surface area contributed by atoms with Gasteiger partial charge in [0.25, 0.3) is 0 Å². The van der Waals surface area contributed by atoms with E-state index in [-0.39, 0.29) is 12.4 Å². The van der Waals surface area contributed by atoms with Crippen LogP contribution in [-0.2, 0) is 14.3 Å². The Hall–Kier alpha value is -2.36. The number of carbonyl (C=O) groups excluding carboxylic acids is 2. The number of aromatic nitrogens is 1. The highest BCUT2D eigenvalue weighted by Crippen LogP contribution is 2.33. The van der Waals surface area contributed by atoms with E-state index in [4.69, 9.17) is 0 Å². The Kier molecular flexibility index (Phi) is 6.52. The molecule has 24 heavy (non-hydrogen) atoms. The Labute approximate surface area is 136 Å². The smallest absolute Gasteiger partial charge is 0.448 e. The van der Waals surface area contributed by atoms with E-state index in [1.165, 1.54) is 31.4 Å². The maximum Gasteiger partial charge on any atom is 0.448 e. The average molecular weight is 349 g/mol. The number of anilines is 1. The second-order valence-corrected chi connectivity index (χ2v) is 4.63. The SMILES string of the molecule is CCOC(=O)[C@](NC(=O)Nc1cc(C)ccn1)(OCC)C(F)(F)F. The minimum Gasteiger partial charge on any atom is -0.462 e. The molecule has 0 aliphatic heterocycles. The van der Waals surface area contributed by atoms with Gasteiger partial charge < -0.3 is 9.47 Å². The molecule has 0 unspecified atom stereocenters. The normalized spacial score (nSPS) is 13.8. The Balaban J connectivity index is 3.06. The zero-order valence-electron chi connectivity index (χ0n) is 13.4. The lowest BCUT2D eigenvalue weighted by molar-refractivity contribution is -0.282. The van der Waals surface area contributed by atoms with E-state index in [0.29, 0.717) is 0 Å². The van der Waals surface area contributed by atoms with Gasteiger partial charge in [0.15, 0.2) is 0 Å². The molecule has 2 N–H and O–H groups in total. The quantitative estimate of drug-likeness (QED) is 0.608. The molecule has 1 atom stereocenters. The van der Waals surface area contributed by atoms with E-state index in [0.717, 1.165) is 5.56 Å². The first-order valence-electron chi connectivity index (χ1n) is 7.06. The fourth-order valence-electron chi connectivity index (χ4n) is 1.78. The van der Waals surface area contributed by atoms with E-state index < -0.39 is 30.5 Å². The largest absolute Gasteiger partial charge is 0.462 e. The number of hydrogen-bond donors (Lipinski definition) is 2. The van der Waals surface area contributed by atoms with Gasteiger partial charge in [-0.25, -0.2) is 14.6 Å². The third-order valence-electron chi connectivity index (χ3n) is 2.77. The number of aryl methyl sites for hydroxylation is 1. The number of rotatable bonds is 6. The molecule has 1 heterocycles. The van der Waals surface area contributed by atoms with Crippen molar-refractivity contribution in [2.24, 2.45) is 0 Å². The van der Waals surface area contributed by atoms with E-state index in [2.05, 4.69) is 19.8 Å². The van der Waals surface area contributed by atoms with Gasteiger partial charge in [0.1, 0.15) is 5.82 Å². The molecule has 0 aliphatic rings. The molecule has 2 amide bonds. The predicted octanol–water partition coefficient (Wildman–Crippen LogP) is 2.37. The predicted molar refractivity (Wildman–Crippen MR) is 78.2 cm³/mol. The number of amides is 2. The van der Waals surface area contributed by atoms with Crippen LogP contribution in [0.1, 0.15) is 19.4 Å². The molecule has 0 radical (unpaired) electrons. The lowest BCUT2D eigenvalue weighted by Gasteiger charge is -2.33. The minimum atomic E-state index is -5.23. The Bertz CT molecular complexity index is 595. The minimum absolute atomic E-state index is 0.0175. The van der Waals surface area contributed by atoms with Crippen LogP contribution in [0, 0.1) is 6.92 Å². The molecule has 0 fully saturated rings. The molecule has 10 heteroatoms. The van der Waals surface area contributed by atoms with E-state index in [1.807, 2.05) is 0 Å². The molecule has 0 aromatic carbocycles. The van der Waals surface area contributed by atoms with Crippen LogP contribution in [-0.4, -0.2) is 42.1 Å². The molecule has 0 spiro atoms. The Morgan fingerprint density at radius 1 is 1.25 bits per heavy atom. The van der Waals surface area contributed by atoms with Gasteiger partial charge in [-0.1, -0.05) is 0 Å². The van der Waals surface area contributed by atoms with Crippen molar-refractivity contribution < 1.29 is 32.2 Å². The summed E-state index contributed by atoms with van der Waals surface area (Å²) in [4.78, 5) is 27.5. The third-order valence-corrected chi connectivity index (χ3v) is 2.77.